The molecule has 1 fully saturated rings. The van der Waals surface area contributed by atoms with Gasteiger partial charge in [0.15, 0.2) is 5.76 Å². The number of likely N-dealkylation sites (tertiary alicyclic amines) is 1. The zero-order chi connectivity index (χ0) is 18.5. The average Bonchev–Trinajstić information content (AvgIpc) is 3.16. The van der Waals surface area contributed by atoms with Gasteiger partial charge in [-0.2, -0.15) is 0 Å². The Morgan fingerprint density at radius 2 is 1.92 bits per heavy atom. The summed E-state index contributed by atoms with van der Waals surface area (Å²) < 4.78 is 5.05. The van der Waals surface area contributed by atoms with Crippen molar-refractivity contribution in [1.82, 2.24) is 4.90 Å². The topological polar surface area (TPSA) is 99.9 Å². The highest BCUT2D eigenvalue weighted by atomic mass is 16.4. The molecule has 1 aliphatic heterocycles. The molecular weight excluding hydrogens is 336 g/mol. The first kappa shape index (κ1) is 17.7. The number of nitrogens with one attached hydrogen (secondary N) is 1. The molecule has 26 heavy (non-hydrogen) atoms. The SMILES string of the molecule is O=C(O)CC1CCN(C(=O)c2cccc(NC(=O)c3ccco3)c2)CC1. The van der Waals surface area contributed by atoms with Gasteiger partial charge in [0.05, 0.1) is 6.26 Å². The van der Waals surface area contributed by atoms with E-state index in [1.165, 1.54) is 6.26 Å². The van der Waals surface area contributed by atoms with E-state index in [2.05, 4.69) is 5.32 Å². The third kappa shape index (κ3) is 4.30. The molecule has 0 unspecified atom stereocenters. The highest BCUT2D eigenvalue weighted by Gasteiger charge is 2.25. The van der Waals surface area contributed by atoms with Crippen molar-refractivity contribution < 1.29 is 23.9 Å². The van der Waals surface area contributed by atoms with Gasteiger partial charge in [0.1, 0.15) is 0 Å². The lowest BCUT2D eigenvalue weighted by Crippen LogP contribution is -2.38. The van der Waals surface area contributed by atoms with Crippen molar-refractivity contribution in [3.8, 4) is 0 Å². The van der Waals surface area contributed by atoms with Crippen LogP contribution in [-0.4, -0.2) is 40.9 Å². The molecule has 2 amide bonds. The molecule has 2 heterocycles. The minimum atomic E-state index is -0.797. The van der Waals surface area contributed by atoms with Crippen LogP contribution in [0.1, 0.15) is 40.2 Å². The number of piperidine rings is 1. The van der Waals surface area contributed by atoms with Crippen LogP contribution in [0.2, 0.25) is 0 Å². The van der Waals surface area contributed by atoms with Crippen molar-refractivity contribution >= 4 is 23.5 Å². The van der Waals surface area contributed by atoms with Gasteiger partial charge in [-0.3, -0.25) is 14.4 Å². The lowest BCUT2D eigenvalue weighted by Gasteiger charge is -2.31. The fourth-order valence-corrected chi connectivity index (χ4v) is 3.10. The summed E-state index contributed by atoms with van der Waals surface area (Å²) in [6.07, 6.45) is 2.94. The summed E-state index contributed by atoms with van der Waals surface area (Å²) in [5.41, 5.74) is 0.997. The number of amides is 2. The Morgan fingerprint density at radius 1 is 1.15 bits per heavy atom. The summed E-state index contributed by atoms with van der Waals surface area (Å²) >= 11 is 0. The maximum absolute atomic E-state index is 12.7. The van der Waals surface area contributed by atoms with Crippen molar-refractivity contribution in [2.24, 2.45) is 5.92 Å². The molecule has 2 aromatic rings. The van der Waals surface area contributed by atoms with Crippen LogP contribution in [0.3, 0.4) is 0 Å². The monoisotopic (exact) mass is 356 g/mol. The summed E-state index contributed by atoms with van der Waals surface area (Å²) in [6.45, 7) is 1.08. The lowest BCUT2D eigenvalue weighted by atomic mass is 9.93. The molecule has 0 spiro atoms. The highest BCUT2D eigenvalue weighted by Crippen LogP contribution is 2.22. The van der Waals surface area contributed by atoms with Crippen molar-refractivity contribution in [2.45, 2.75) is 19.3 Å². The van der Waals surface area contributed by atoms with Gasteiger partial charge in [-0.05, 0) is 49.1 Å². The number of carboxylic acids is 1. The summed E-state index contributed by atoms with van der Waals surface area (Å²) in [5, 5.41) is 11.6. The zero-order valence-electron chi connectivity index (χ0n) is 14.2. The quantitative estimate of drug-likeness (QED) is 0.858. The minimum absolute atomic E-state index is 0.118. The first-order chi connectivity index (χ1) is 12.5. The highest BCUT2D eigenvalue weighted by molar-refractivity contribution is 6.03. The fourth-order valence-electron chi connectivity index (χ4n) is 3.10. The van der Waals surface area contributed by atoms with E-state index < -0.39 is 5.97 Å². The second-order valence-electron chi connectivity index (χ2n) is 6.35. The molecule has 0 saturated carbocycles. The minimum Gasteiger partial charge on any atom is -0.481 e. The Bertz CT molecular complexity index is 792. The average molecular weight is 356 g/mol. The van der Waals surface area contributed by atoms with Crippen molar-refractivity contribution in [2.75, 3.05) is 18.4 Å². The van der Waals surface area contributed by atoms with Crippen LogP contribution in [0.5, 0.6) is 0 Å². The molecule has 7 nitrogen and oxygen atoms in total. The molecule has 1 aliphatic rings. The molecule has 1 aromatic carbocycles. The van der Waals surface area contributed by atoms with Crippen LogP contribution in [0.25, 0.3) is 0 Å². The van der Waals surface area contributed by atoms with Gasteiger partial charge in [0.2, 0.25) is 0 Å². The predicted molar refractivity (Wildman–Crippen MR) is 94.0 cm³/mol. The Morgan fingerprint density at radius 3 is 2.58 bits per heavy atom. The van der Waals surface area contributed by atoms with Crippen LogP contribution in [0, 0.1) is 5.92 Å². The van der Waals surface area contributed by atoms with E-state index in [9.17, 15) is 14.4 Å². The second-order valence-corrected chi connectivity index (χ2v) is 6.35. The number of benzene rings is 1. The first-order valence-electron chi connectivity index (χ1n) is 8.49. The van der Waals surface area contributed by atoms with Gasteiger partial charge < -0.3 is 19.7 Å². The molecule has 0 atom stereocenters. The number of hydrogen-bond donors (Lipinski definition) is 2. The van der Waals surface area contributed by atoms with Gasteiger partial charge in [-0.1, -0.05) is 6.07 Å². The molecule has 1 saturated heterocycles. The predicted octanol–water partition coefficient (Wildman–Crippen LogP) is 2.86. The molecular formula is C19H20N2O5. The number of hydrogen-bond acceptors (Lipinski definition) is 4. The fraction of sp³-hybridized carbons (Fsp3) is 0.316. The molecule has 136 valence electrons. The van der Waals surface area contributed by atoms with E-state index in [0.717, 1.165) is 0 Å². The lowest BCUT2D eigenvalue weighted by molar-refractivity contribution is -0.138. The van der Waals surface area contributed by atoms with Crippen molar-refractivity contribution in [3.63, 3.8) is 0 Å². The van der Waals surface area contributed by atoms with Gasteiger partial charge >= 0.3 is 5.97 Å². The molecule has 7 heteroatoms. The number of nitrogens with zero attached hydrogens (tertiary/aromatic N) is 1. The van der Waals surface area contributed by atoms with Crippen LogP contribution in [0.15, 0.2) is 47.1 Å². The number of carbonyl (C=O) groups is 3. The van der Waals surface area contributed by atoms with Gasteiger partial charge in [-0.15, -0.1) is 0 Å². The van der Waals surface area contributed by atoms with E-state index in [1.54, 1.807) is 41.3 Å². The second kappa shape index (κ2) is 7.86. The number of carbonyl (C=O) groups excluding carboxylic acids is 2. The zero-order valence-corrected chi connectivity index (χ0v) is 14.2. The number of anilines is 1. The summed E-state index contributed by atoms with van der Waals surface area (Å²) in [6, 6.07) is 9.94. The number of aliphatic carboxylic acids is 1. The molecule has 1 aromatic heterocycles. The molecule has 2 N–H and O–H groups in total. The maximum Gasteiger partial charge on any atom is 0.303 e. The van der Waals surface area contributed by atoms with Gasteiger partial charge in [0.25, 0.3) is 11.8 Å². The van der Waals surface area contributed by atoms with Gasteiger partial charge in [0, 0.05) is 30.8 Å². The van der Waals surface area contributed by atoms with Crippen LogP contribution in [-0.2, 0) is 4.79 Å². The van der Waals surface area contributed by atoms with E-state index in [1.807, 2.05) is 0 Å². The van der Waals surface area contributed by atoms with E-state index in [0.29, 0.717) is 37.2 Å². The Balaban J connectivity index is 1.62. The van der Waals surface area contributed by atoms with E-state index in [4.69, 9.17) is 9.52 Å². The van der Waals surface area contributed by atoms with E-state index in [-0.39, 0.29) is 29.9 Å². The van der Waals surface area contributed by atoms with Crippen LogP contribution >= 0.6 is 0 Å². The molecule has 3 rings (SSSR count). The Labute approximate surface area is 150 Å². The first-order valence-corrected chi connectivity index (χ1v) is 8.49. The normalized spacial score (nSPS) is 14.8. The van der Waals surface area contributed by atoms with Crippen LogP contribution < -0.4 is 5.32 Å². The number of furan rings is 1. The van der Waals surface area contributed by atoms with Gasteiger partial charge in [-0.25, -0.2) is 0 Å². The molecule has 0 bridgehead atoms. The molecule has 0 aliphatic carbocycles. The number of carboxylic acid groups (broad SMARTS) is 1. The Kier molecular flexibility index (Phi) is 5.36. The van der Waals surface area contributed by atoms with Crippen molar-refractivity contribution in [1.29, 1.82) is 0 Å². The molecule has 0 radical (unpaired) electrons. The summed E-state index contributed by atoms with van der Waals surface area (Å²) in [7, 11) is 0. The number of rotatable bonds is 5. The summed E-state index contributed by atoms with van der Waals surface area (Å²) in [4.78, 5) is 37.2. The van der Waals surface area contributed by atoms with E-state index >= 15 is 0 Å². The Hall–Kier alpha value is -3.09. The summed E-state index contributed by atoms with van der Waals surface area (Å²) in [5.74, 6) is -0.977. The van der Waals surface area contributed by atoms with Crippen molar-refractivity contribution in [3.05, 3.63) is 54.0 Å². The van der Waals surface area contributed by atoms with Crippen LogP contribution in [0.4, 0.5) is 5.69 Å². The smallest absolute Gasteiger partial charge is 0.303 e. The largest absolute Gasteiger partial charge is 0.481 e. The standard InChI is InChI=1S/C19H20N2O5/c22-17(23)11-13-6-8-21(9-7-13)19(25)14-3-1-4-15(12-14)20-18(24)16-5-2-10-26-16/h1-5,10,12-13H,6-9,11H2,(H,20,24)(H,22,23). The maximum atomic E-state index is 12.7. The third-order valence-corrected chi connectivity index (χ3v) is 4.48. The third-order valence-electron chi connectivity index (χ3n) is 4.48.